The van der Waals surface area contributed by atoms with E-state index in [-0.39, 0.29) is 16.7 Å². The fourth-order valence-corrected chi connectivity index (χ4v) is 2.87. The van der Waals surface area contributed by atoms with Gasteiger partial charge in [0.1, 0.15) is 17.4 Å². The molecular weight excluding hydrogens is 336 g/mol. The molecule has 0 spiro atoms. The van der Waals surface area contributed by atoms with Crippen LogP contribution in [0.5, 0.6) is 0 Å². The summed E-state index contributed by atoms with van der Waals surface area (Å²) in [5.41, 5.74) is 0.582. The van der Waals surface area contributed by atoms with E-state index < -0.39 is 23.2 Å². The number of para-hydroxylation sites is 1. The SMILES string of the molecule is CN1C(=O)c2ccc(NC(=O)c3coc4ccccc4c3=O)cc2C1=O. The predicted octanol–water partition coefficient (Wildman–Crippen LogP) is 2.27. The van der Waals surface area contributed by atoms with Crippen molar-refractivity contribution >= 4 is 34.4 Å². The van der Waals surface area contributed by atoms with Crippen molar-refractivity contribution in [1.82, 2.24) is 4.90 Å². The molecule has 0 unspecified atom stereocenters. The second kappa shape index (κ2) is 5.66. The first-order valence-corrected chi connectivity index (χ1v) is 7.75. The van der Waals surface area contributed by atoms with Crippen LogP contribution in [0.25, 0.3) is 11.0 Å². The Morgan fingerprint density at radius 1 is 1.00 bits per heavy atom. The molecule has 0 saturated heterocycles. The highest BCUT2D eigenvalue weighted by atomic mass is 16.3. The average molecular weight is 348 g/mol. The van der Waals surface area contributed by atoms with E-state index in [1.807, 2.05) is 0 Å². The van der Waals surface area contributed by atoms with Crippen molar-refractivity contribution in [2.75, 3.05) is 12.4 Å². The van der Waals surface area contributed by atoms with Crippen LogP contribution in [-0.4, -0.2) is 29.7 Å². The lowest BCUT2D eigenvalue weighted by atomic mass is 10.1. The van der Waals surface area contributed by atoms with Gasteiger partial charge in [-0.05, 0) is 30.3 Å². The Hall–Kier alpha value is -3.74. The van der Waals surface area contributed by atoms with Crippen LogP contribution >= 0.6 is 0 Å². The first-order chi connectivity index (χ1) is 12.5. The van der Waals surface area contributed by atoms with Crippen molar-refractivity contribution in [2.45, 2.75) is 0 Å². The largest absolute Gasteiger partial charge is 0.463 e. The number of hydrogen-bond acceptors (Lipinski definition) is 5. The van der Waals surface area contributed by atoms with Crippen LogP contribution in [0.4, 0.5) is 5.69 Å². The molecule has 1 N–H and O–H groups in total. The molecule has 7 heteroatoms. The highest BCUT2D eigenvalue weighted by molar-refractivity contribution is 6.21. The third-order valence-electron chi connectivity index (χ3n) is 4.27. The van der Waals surface area contributed by atoms with E-state index in [4.69, 9.17) is 4.42 Å². The number of rotatable bonds is 2. The Bertz CT molecular complexity index is 1160. The molecule has 7 nitrogen and oxygen atoms in total. The second-order valence-electron chi connectivity index (χ2n) is 5.86. The summed E-state index contributed by atoms with van der Waals surface area (Å²) in [4.78, 5) is 49.9. The first kappa shape index (κ1) is 15.8. The number of fused-ring (bicyclic) bond motifs is 2. The molecule has 1 aromatic heterocycles. The monoisotopic (exact) mass is 348 g/mol. The Morgan fingerprint density at radius 3 is 2.54 bits per heavy atom. The number of anilines is 1. The van der Waals surface area contributed by atoms with Gasteiger partial charge in [0.2, 0.25) is 5.43 Å². The summed E-state index contributed by atoms with van der Waals surface area (Å²) in [6.45, 7) is 0. The molecule has 4 rings (SSSR count). The van der Waals surface area contributed by atoms with Crippen molar-refractivity contribution in [3.05, 3.63) is 75.6 Å². The number of carbonyl (C=O) groups excluding carboxylic acids is 3. The molecule has 2 aromatic carbocycles. The normalized spacial score (nSPS) is 13.2. The molecule has 0 bridgehead atoms. The van der Waals surface area contributed by atoms with Gasteiger partial charge >= 0.3 is 0 Å². The number of hydrogen-bond donors (Lipinski definition) is 1. The van der Waals surface area contributed by atoms with Gasteiger partial charge in [-0.25, -0.2) is 0 Å². The van der Waals surface area contributed by atoms with Crippen molar-refractivity contribution in [3.63, 3.8) is 0 Å². The molecule has 1 aliphatic heterocycles. The molecule has 3 aromatic rings. The quantitative estimate of drug-likeness (QED) is 0.717. The van der Waals surface area contributed by atoms with E-state index in [1.165, 1.54) is 25.2 Å². The molecule has 1 aliphatic rings. The maximum Gasteiger partial charge on any atom is 0.262 e. The number of imide groups is 1. The molecule has 128 valence electrons. The van der Waals surface area contributed by atoms with E-state index in [0.717, 1.165) is 11.2 Å². The number of nitrogens with one attached hydrogen (secondary N) is 1. The zero-order valence-corrected chi connectivity index (χ0v) is 13.6. The Labute approximate surface area is 146 Å². The second-order valence-corrected chi connectivity index (χ2v) is 5.86. The molecule has 0 saturated carbocycles. The smallest absolute Gasteiger partial charge is 0.262 e. The summed E-state index contributed by atoms with van der Waals surface area (Å²) in [5, 5.41) is 2.87. The van der Waals surface area contributed by atoms with Crippen LogP contribution in [0.2, 0.25) is 0 Å². The van der Waals surface area contributed by atoms with Gasteiger partial charge in [-0.2, -0.15) is 0 Å². The van der Waals surface area contributed by atoms with Crippen LogP contribution in [0, 0.1) is 0 Å². The third-order valence-corrected chi connectivity index (χ3v) is 4.27. The summed E-state index contributed by atoms with van der Waals surface area (Å²) >= 11 is 0. The van der Waals surface area contributed by atoms with Gasteiger partial charge in [0.15, 0.2) is 0 Å². The molecule has 3 amide bonds. The lowest BCUT2D eigenvalue weighted by molar-refractivity contribution is 0.0692. The van der Waals surface area contributed by atoms with Crippen molar-refractivity contribution in [1.29, 1.82) is 0 Å². The fraction of sp³-hybridized carbons (Fsp3) is 0.0526. The summed E-state index contributed by atoms with van der Waals surface area (Å²) in [6.07, 6.45) is 1.11. The standard InChI is InChI=1S/C19H12N2O5/c1-21-18(24)11-7-6-10(8-13(11)19(21)25)20-17(23)14-9-26-15-5-3-2-4-12(15)16(14)22/h2-9H,1H3,(H,20,23). The van der Waals surface area contributed by atoms with Crippen LogP contribution in [0.1, 0.15) is 31.1 Å². The van der Waals surface area contributed by atoms with Crippen molar-refractivity contribution < 1.29 is 18.8 Å². The van der Waals surface area contributed by atoms with Gasteiger partial charge in [0.25, 0.3) is 17.7 Å². The first-order valence-electron chi connectivity index (χ1n) is 7.75. The summed E-state index contributed by atoms with van der Waals surface area (Å²) < 4.78 is 5.34. The lowest BCUT2D eigenvalue weighted by Crippen LogP contribution is -2.24. The van der Waals surface area contributed by atoms with Gasteiger partial charge < -0.3 is 9.73 Å². The summed E-state index contributed by atoms with van der Waals surface area (Å²) in [6, 6.07) is 11.0. The maximum absolute atomic E-state index is 12.5. The minimum Gasteiger partial charge on any atom is -0.463 e. The van der Waals surface area contributed by atoms with Crippen LogP contribution in [-0.2, 0) is 0 Å². The van der Waals surface area contributed by atoms with E-state index >= 15 is 0 Å². The van der Waals surface area contributed by atoms with Crippen molar-refractivity contribution in [2.24, 2.45) is 0 Å². The lowest BCUT2D eigenvalue weighted by Gasteiger charge is -2.06. The van der Waals surface area contributed by atoms with E-state index in [1.54, 1.807) is 24.3 Å². The van der Waals surface area contributed by atoms with Crippen LogP contribution in [0.15, 0.2) is 57.9 Å². The highest BCUT2D eigenvalue weighted by Gasteiger charge is 2.32. The molecular formula is C19H12N2O5. The van der Waals surface area contributed by atoms with Crippen LogP contribution < -0.4 is 10.7 Å². The molecule has 0 atom stereocenters. The zero-order chi connectivity index (χ0) is 18.4. The summed E-state index contributed by atoms with van der Waals surface area (Å²) in [5.74, 6) is -1.49. The number of nitrogens with zero attached hydrogens (tertiary/aromatic N) is 1. The van der Waals surface area contributed by atoms with E-state index in [2.05, 4.69) is 5.32 Å². The van der Waals surface area contributed by atoms with Gasteiger partial charge in [0.05, 0.1) is 16.5 Å². The molecule has 26 heavy (non-hydrogen) atoms. The number of benzene rings is 2. The minimum atomic E-state index is -0.658. The fourth-order valence-electron chi connectivity index (χ4n) is 2.87. The van der Waals surface area contributed by atoms with Gasteiger partial charge in [-0.1, -0.05) is 12.1 Å². The van der Waals surface area contributed by atoms with Crippen molar-refractivity contribution in [3.8, 4) is 0 Å². The third kappa shape index (κ3) is 2.29. The predicted molar refractivity (Wildman–Crippen MR) is 93.3 cm³/mol. The van der Waals surface area contributed by atoms with E-state index in [0.29, 0.717) is 16.7 Å². The number of carbonyl (C=O) groups is 3. The highest BCUT2D eigenvalue weighted by Crippen LogP contribution is 2.25. The zero-order valence-electron chi connectivity index (χ0n) is 13.6. The molecule has 2 heterocycles. The molecule has 0 radical (unpaired) electrons. The van der Waals surface area contributed by atoms with Gasteiger partial charge in [-0.15, -0.1) is 0 Å². The average Bonchev–Trinajstić information content (AvgIpc) is 2.86. The Balaban J connectivity index is 1.68. The Morgan fingerprint density at radius 2 is 1.73 bits per heavy atom. The number of amides is 3. The maximum atomic E-state index is 12.5. The van der Waals surface area contributed by atoms with Crippen LogP contribution in [0.3, 0.4) is 0 Å². The topological polar surface area (TPSA) is 96.7 Å². The Kier molecular flexibility index (Phi) is 3.43. The van der Waals surface area contributed by atoms with E-state index in [9.17, 15) is 19.2 Å². The van der Waals surface area contributed by atoms with Gasteiger partial charge in [-0.3, -0.25) is 24.1 Å². The summed E-state index contributed by atoms with van der Waals surface area (Å²) in [7, 11) is 1.39. The molecule has 0 aliphatic carbocycles. The minimum absolute atomic E-state index is 0.149. The van der Waals surface area contributed by atoms with Gasteiger partial charge in [0, 0.05) is 12.7 Å². The molecule has 0 fully saturated rings.